The Morgan fingerprint density at radius 2 is 1.93 bits per heavy atom. The van der Waals surface area contributed by atoms with Crippen LogP contribution < -0.4 is 14.8 Å². The van der Waals surface area contributed by atoms with Gasteiger partial charge in [0.2, 0.25) is 0 Å². The number of nitriles is 1. The largest absolute Gasteiger partial charge is 0.434 e. The molecule has 7 nitrogen and oxygen atoms in total. The van der Waals surface area contributed by atoms with E-state index < -0.39 is 27.6 Å². The highest BCUT2D eigenvalue weighted by Crippen LogP contribution is 2.41. The molecule has 1 aromatic heterocycles. The van der Waals surface area contributed by atoms with E-state index in [4.69, 9.17) is 5.14 Å². The molecule has 1 saturated heterocycles. The van der Waals surface area contributed by atoms with Crippen LogP contribution in [0.4, 0.5) is 18.9 Å². The standard InChI is InChI=1S/C18H20F3N5O2S/c1-10-5-13-15(6-11(10)2)25-17(18(19,20)21)14(7-22)16(13)26-8-12(9-26)3-4-24-29(23,27)28/h5-6,12,24H,3-4,8-9H2,1-2H3,(H2,23,27,28). The second kappa shape index (κ2) is 7.44. The van der Waals surface area contributed by atoms with Gasteiger partial charge in [-0.25, -0.2) is 14.8 Å². The van der Waals surface area contributed by atoms with E-state index in [0.717, 1.165) is 11.1 Å². The molecule has 0 saturated carbocycles. The number of nitrogens with zero attached hydrogens (tertiary/aromatic N) is 3. The lowest BCUT2D eigenvalue weighted by Gasteiger charge is -2.42. The highest BCUT2D eigenvalue weighted by molar-refractivity contribution is 7.87. The summed E-state index contributed by atoms with van der Waals surface area (Å²) >= 11 is 0. The van der Waals surface area contributed by atoms with Crippen molar-refractivity contribution in [1.29, 1.82) is 5.26 Å². The van der Waals surface area contributed by atoms with Crippen LogP contribution in [0, 0.1) is 31.1 Å². The lowest BCUT2D eigenvalue weighted by atomic mass is 9.92. The molecule has 0 unspecified atom stereocenters. The molecule has 2 heterocycles. The summed E-state index contributed by atoms with van der Waals surface area (Å²) < 4.78 is 64.7. The van der Waals surface area contributed by atoms with Crippen LogP contribution in [0.5, 0.6) is 0 Å². The fourth-order valence-corrected chi connectivity index (χ4v) is 3.89. The fraction of sp³-hybridized carbons (Fsp3) is 0.444. The molecule has 1 fully saturated rings. The third kappa shape index (κ3) is 4.44. The molecule has 0 atom stereocenters. The molecule has 0 bridgehead atoms. The third-order valence-corrected chi connectivity index (χ3v) is 5.69. The highest BCUT2D eigenvalue weighted by atomic mass is 32.2. The van der Waals surface area contributed by atoms with Gasteiger partial charge in [-0.15, -0.1) is 0 Å². The first-order chi connectivity index (χ1) is 13.4. The predicted octanol–water partition coefficient (Wildman–Crippen LogP) is 2.36. The fourth-order valence-electron chi connectivity index (χ4n) is 3.49. The van der Waals surface area contributed by atoms with E-state index in [1.807, 2.05) is 6.92 Å². The Morgan fingerprint density at radius 3 is 2.48 bits per heavy atom. The molecule has 156 valence electrons. The molecule has 0 spiro atoms. The smallest absolute Gasteiger partial charge is 0.369 e. The lowest BCUT2D eigenvalue weighted by molar-refractivity contribution is -0.141. The molecule has 1 aliphatic rings. The second-order valence-corrected chi connectivity index (χ2v) is 8.62. The van der Waals surface area contributed by atoms with Crippen LogP contribution in [-0.2, 0) is 16.4 Å². The SMILES string of the molecule is Cc1cc2nc(C(F)(F)F)c(C#N)c(N3CC(CCNS(N)(=O)=O)C3)c2cc1C. The van der Waals surface area contributed by atoms with Crippen molar-refractivity contribution in [2.24, 2.45) is 11.1 Å². The van der Waals surface area contributed by atoms with E-state index in [-0.39, 0.29) is 23.7 Å². The Morgan fingerprint density at radius 1 is 1.31 bits per heavy atom. The number of aromatic nitrogens is 1. The van der Waals surface area contributed by atoms with Crippen LogP contribution >= 0.6 is 0 Å². The number of nitrogens with two attached hydrogens (primary N) is 1. The quantitative estimate of drug-likeness (QED) is 0.761. The van der Waals surface area contributed by atoms with Gasteiger partial charge in [0.05, 0.1) is 11.2 Å². The number of benzene rings is 1. The van der Waals surface area contributed by atoms with Crippen LogP contribution in [0.3, 0.4) is 0 Å². The van der Waals surface area contributed by atoms with Crippen LogP contribution in [0.1, 0.15) is 28.8 Å². The van der Waals surface area contributed by atoms with Gasteiger partial charge in [-0.05, 0) is 49.4 Å². The minimum Gasteiger partial charge on any atom is -0.369 e. The molecule has 11 heteroatoms. The Kier molecular flexibility index (Phi) is 5.46. The summed E-state index contributed by atoms with van der Waals surface area (Å²) in [5.41, 5.74) is 0.430. The Bertz CT molecular complexity index is 1100. The number of hydrogen-bond donors (Lipinski definition) is 2. The average molecular weight is 427 g/mol. The Balaban J connectivity index is 1.99. The van der Waals surface area contributed by atoms with Crippen molar-refractivity contribution >= 4 is 26.8 Å². The normalized spacial score (nSPS) is 15.4. The van der Waals surface area contributed by atoms with E-state index in [1.54, 1.807) is 30.0 Å². The molecule has 2 aromatic rings. The van der Waals surface area contributed by atoms with Crippen LogP contribution in [-0.4, -0.2) is 33.0 Å². The number of halogens is 3. The molecule has 0 amide bonds. The summed E-state index contributed by atoms with van der Waals surface area (Å²) in [5, 5.41) is 14.9. The monoisotopic (exact) mass is 427 g/mol. The van der Waals surface area contributed by atoms with Gasteiger partial charge in [-0.2, -0.15) is 26.9 Å². The zero-order valence-corrected chi connectivity index (χ0v) is 16.7. The van der Waals surface area contributed by atoms with Crippen molar-refractivity contribution in [1.82, 2.24) is 9.71 Å². The highest BCUT2D eigenvalue weighted by Gasteiger charge is 2.40. The number of anilines is 1. The number of pyridine rings is 1. The maximum absolute atomic E-state index is 13.6. The van der Waals surface area contributed by atoms with Gasteiger partial charge in [0, 0.05) is 25.0 Å². The molecule has 3 rings (SSSR count). The van der Waals surface area contributed by atoms with Gasteiger partial charge in [-0.1, -0.05) is 0 Å². The molecular weight excluding hydrogens is 407 g/mol. The molecule has 29 heavy (non-hydrogen) atoms. The second-order valence-electron chi connectivity index (χ2n) is 7.25. The summed E-state index contributed by atoms with van der Waals surface area (Å²) in [6.45, 7) is 4.60. The topological polar surface area (TPSA) is 112 Å². The zero-order chi connectivity index (χ0) is 21.6. The molecule has 1 aliphatic heterocycles. The number of nitrogens with one attached hydrogen (secondary N) is 1. The van der Waals surface area contributed by atoms with Gasteiger partial charge in [0.15, 0.2) is 5.69 Å². The average Bonchev–Trinajstić information content (AvgIpc) is 2.55. The summed E-state index contributed by atoms with van der Waals surface area (Å²) in [5.74, 6) is 0.0693. The van der Waals surface area contributed by atoms with Crippen molar-refractivity contribution < 1.29 is 21.6 Å². The minimum atomic E-state index is -4.75. The van der Waals surface area contributed by atoms with Gasteiger partial charge in [0.25, 0.3) is 10.2 Å². The van der Waals surface area contributed by atoms with E-state index in [1.165, 1.54) is 0 Å². The number of aryl methyl sites for hydroxylation is 2. The van der Waals surface area contributed by atoms with Gasteiger partial charge in [0.1, 0.15) is 11.6 Å². The number of fused-ring (bicyclic) bond motifs is 1. The van der Waals surface area contributed by atoms with Gasteiger partial charge < -0.3 is 4.90 Å². The van der Waals surface area contributed by atoms with E-state index in [2.05, 4.69) is 9.71 Å². The maximum atomic E-state index is 13.6. The van der Waals surface area contributed by atoms with E-state index >= 15 is 0 Å². The molecule has 0 aliphatic carbocycles. The first-order valence-electron chi connectivity index (χ1n) is 8.85. The summed E-state index contributed by atoms with van der Waals surface area (Å²) in [4.78, 5) is 5.47. The van der Waals surface area contributed by atoms with Gasteiger partial charge in [-0.3, -0.25) is 0 Å². The first-order valence-corrected chi connectivity index (χ1v) is 10.4. The van der Waals surface area contributed by atoms with Crippen LogP contribution in [0.2, 0.25) is 0 Å². The lowest BCUT2D eigenvalue weighted by Crippen LogP contribution is -2.48. The van der Waals surface area contributed by atoms with Crippen molar-refractivity contribution in [3.8, 4) is 6.07 Å². The first kappa shape index (κ1) is 21.3. The maximum Gasteiger partial charge on any atom is 0.434 e. The number of alkyl halides is 3. The Hall–Kier alpha value is -2.42. The Labute approximate surface area is 166 Å². The van der Waals surface area contributed by atoms with Crippen molar-refractivity contribution in [3.05, 3.63) is 34.5 Å². The van der Waals surface area contributed by atoms with Crippen molar-refractivity contribution in [2.45, 2.75) is 26.4 Å². The minimum absolute atomic E-state index is 0.0693. The molecule has 1 aromatic carbocycles. The summed E-state index contributed by atoms with van der Waals surface area (Å²) in [6, 6.07) is 5.04. The molecular formula is C18H20F3N5O2S. The van der Waals surface area contributed by atoms with Crippen LogP contribution in [0.15, 0.2) is 12.1 Å². The summed E-state index contributed by atoms with van der Waals surface area (Å²) in [7, 11) is -3.78. The van der Waals surface area contributed by atoms with Crippen molar-refractivity contribution in [2.75, 3.05) is 24.5 Å². The third-order valence-electron chi connectivity index (χ3n) is 5.08. The van der Waals surface area contributed by atoms with E-state index in [0.29, 0.717) is 24.9 Å². The predicted molar refractivity (Wildman–Crippen MR) is 102 cm³/mol. The summed E-state index contributed by atoms with van der Waals surface area (Å²) in [6.07, 6.45) is -4.27. The molecule has 0 radical (unpaired) electrons. The van der Waals surface area contributed by atoms with Crippen LogP contribution in [0.25, 0.3) is 10.9 Å². The molecule has 3 N–H and O–H groups in total. The number of rotatable bonds is 5. The van der Waals surface area contributed by atoms with E-state index in [9.17, 15) is 26.9 Å². The zero-order valence-electron chi connectivity index (χ0n) is 15.8. The van der Waals surface area contributed by atoms with Crippen molar-refractivity contribution in [3.63, 3.8) is 0 Å². The van der Waals surface area contributed by atoms with Gasteiger partial charge >= 0.3 is 6.18 Å². The number of hydrogen-bond acceptors (Lipinski definition) is 5.